The second-order valence-corrected chi connectivity index (χ2v) is 8.42. The molecule has 1 aromatic rings. The maximum atomic E-state index is 12.8. The monoisotopic (exact) mass is 328 g/mol. The van der Waals surface area contributed by atoms with Gasteiger partial charge in [0.1, 0.15) is 0 Å². The van der Waals surface area contributed by atoms with Crippen LogP contribution in [0.2, 0.25) is 0 Å². The first-order chi connectivity index (χ1) is 11.7. The summed E-state index contributed by atoms with van der Waals surface area (Å²) in [5.74, 6) is 2.82. The highest BCUT2D eigenvalue weighted by atomic mass is 16.5. The number of methoxy groups -OCH3 is 1. The van der Waals surface area contributed by atoms with Gasteiger partial charge >= 0.3 is 0 Å². The topological polar surface area (TPSA) is 51.2 Å². The Bertz CT molecular complexity index is 551. The molecule has 4 bridgehead atoms. The minimum Gasteiger partial charge on any atom is -0.382 e. The fraction of sp³-hybridized carbons (Fsp3) is 0.700. The van der Waals surface area contributed by atoms with Gasteiger partial charge in [0, 0.05) is 19.7 Å². The van der Waals surface area contributed by atoms with E-state index in [9.17, 15) is 4.79 Å². The molecule has 0 saturated heterocycles. The van der Waals surface area contributed by atoms with Gasteiger partial charge in [-0.25, -0.2) is 0 Å². The van der Waals surface area contributed by atoms with Crippen LogP contribution in [0.3, 0.4) is 0 Å². The molecule has 5 rings (SSSR count). The number of rotatable bonds is 6. The van der Waals surface area contributed by atoms with Gasteiger partial charge in [0.05, 0.1) is 18.3 Å². The Morgan fingerprint density at radius 1 is 1.25 bits per heavy atom. The molecule has 1 N–H and O–H groups in total. The van der Waals surface area contributed by atoms with Crippen LogP contribution < -0.4 is 5.32 Å². The van der Waals surface area contributed by atoms with Crippen LogP contribution in [0.4, 0.5) is 0 Å². The molecule has 0 radical (unpaired) electrons. The molecule has 1 amide bonds. The number of nitrogens with zero attached hydrogens (tertiary/aromatic N) is 1. The van der Waals surface area contributed by atoms with E-state index in [0.717, 1.165) is 23.4 Å². The third-order valence-corrected chi connectivity index (χ3v) is 6.41. The third-order valence-electron chi connectivity index (χ3n) is 6.41. The minimum atomic E-state index is -0.155. The second kappa shape index (κ2) is 6.47. The van der Waals surface area contributed by atoms with Crippen LogP contribution in [0.1, 0.15) is 56.7 Å². The molecule has 4 heteroatoms. The normalized spacial score (nSPS) is 35.0. The quantitative estimate of drug-likeness (QED) is 0.869. The highest BCUT2D eigenvalue weighted by molar-refractivity contribution is 5.77. The van der Waals surface area contributed by atoms with Crippen molar-refractivity contribution in [2.75, 3.05) is 13.7 Å². The van der Waals surface area contributed by atoms with Crippen molar-refractivity contribution in [1.29, 1.82) is 0 Å². The Balaban J connectivity index is 1.42. The van der Waals surface area contributed by atoms with Crippen LogP contribution in [0.25, 0.3) is 0 Å². The number of carbonyl (C=O) groups is 1. The molecular formula is C20H28N2O2. The summed E-state index contributed by atoms with van der Waals surface area (Å²) >= 11 is 0. The number of amides is 1. The van der Waals surface area contributed by atoms with Crippen molar-refractivity contribution >= 4 is 5.91 Å². The Labute approximate surface area is 144 Å². The SMILES string of the molecule is COC[C@H](NC(=O)CC12CC3CC(CC(C3)C1)C2)c1ccccn1. The van der Waals surface area contributed by atoms with Crippen molar-refractivity contribution in [3.8, 4) is 0 Å². The first-order valence-electron chi connectivity index (χ1n) is 9.35. The Hall–Kier alpha value is -1.42. The number of hydrogen-bond donors (Lipinski definition) is 1. The largest absolute Gasteiger partial charge is 0.382 e. The highest BCUT2D eigenvalue weighted by Gasteiger charge is 2.51. The molecule has 1 heterocycles. The van der Waals surface area contributed by atoms with E-state index < -0.39 is 0 Å². The van der Waals surface area contributed by atoms with Crippen LogP contribution in [0.5, 0.6) is 0 Å². The van der Waals surface area contributed by atoms with Crippen molar-refractivity contribution in [3.63, 3.8) is 0 Å². The zero-order valence-electron chi connectivity index (χ0n) is 14.5. The van der Waals surface area contributed by atoms with E-state index >= 15 is 0 Å². The van der Waals surface area contributed by atoms with Crippen molar-refractivity contribution < 1.29 is 9.53 Å². The average Bonchev–Trinajstić information content (AvgIpc) is 2.53. The number of nitrogens with one attached hydrogen (secondary N) is 1. The van der Waals surface area contributed by atoms with Crippen LogP contribution in [0, 0.1) is 23.2 Å². The smallest absolute Gasteiger partial charge is 0.221 e. The fourth-order valence-electron chi connectivity index (χ4n) is 6.04. The van der Waals surface area contributed by atoms with E-state index in [-0.39, 0.29) is 17.4 Å². The maximum absolute atomic E-state index is 12.8. The zero-order valence-corrected chi connectivity index (χ0v) is 14.5. The van der Waals surface area contributed by atoms with Crippen molar-refractivity contribution in [2.24, 2.45) is 23.2 Å². The van der Waals surface area contributed by atoms with Gasteiger partial charge in [-0.15, -0.1) is 0 Å². The highest BCUT2D eigenvalue weighted by Crippen LogP contribution is 2.61. The van der Waals surface area contributed by atoms with E-state index in [0.29, 0.717) is 13.0 Å². The molecule has 1 aromatic heterocycles. The zero-order chi connectivity index (χ0) is 16.6. The summed E-state index contributed by atoms with van der Waals surface area (Å²) in [6, 6.07) is 5.65. The van der Waals surface area contributed by atoms with Gasteiger partial charge in [0.25, 0.3) is 0 Å². The summed E-state index contributed by atoms with van der Waals surface area (Å²) in [5, 5.41) is 3.18. The molecule has 0 unspecified atom stereocenters. The molecule has 0 aromatic carbocycles. The molecule has 4 aliphatic rings. The molecule has 0 spiro atoms. The molecule has 1 atom stereocenters. The van der Waals surface area contributed by atoms with Crippen LogP contribution in [-0.4, -0.2) is 24.6 Å². The van der Waals surface area contributed by atoms with Gasteiger partial charge in [-0.1, -0.05) is 6.07 Å². The van der Waals surface area contributed by atoms with E-state index in [4.69, 9.17) is 4.74 Å². The fourth-order valence-corrected chi connectivity index (χ4v) is 6.04. The summed E-state index contributed by atoms with van der Waals surface area (Å²) in [5.41, 5.74) is 1.15. The first-order valence-corrected chi connectivity index (χ1v) is 9.35. The molecule has 4 nitrogen and oxygen atoms in total. The van der Waals surface area contributed by atoms with E-state index in [1.54, 1.807) is 13.3 Å². The van der Waals surface area contributed by atoms with E-state index in [2.05, 4.69) is 10.3 Å². The predicted octanol–water partition coefficient (Wildman–Crippen LogP) is 3.49. The summed E-state index contributed by atoms with van der Waals surface area (Å²) in [6.07, 6.45) is 10.5. The molecular weight excluding hydrogens is 300 g/mol. The number of pyridine rings is 1. The number of carbonyl (C=O) groups excluding carboxylic acids is 1. The summed E-state index contributed by atoms with van der Waals surface area (Å²) in [7, 11) is 1.67. The second-order valence-electron chi connectivity index (χ2n) is 8.42. The van der Waals surface area contributed by atoms with E-state index in [1.165, 1.54) is 38.5 Å². The van der Waals surface area contributed by atoms with Crippen LogP contribution >= 0.6 is 0 Å². The molecule has 24 heavy (non-hydrogen) atoms. The Kier molecular flexibility index (Phi) is 4.33. The first kappa shape index (κ1) is 16.1. The van der Waals surface area contributed by atoms with Gasteiger partial charge in [-0.2, -0.15) is 0 Å². The standard InChI is InChI=1S/C20H28N2O2/c1-24-13-18(17-4-2-3-5-21-17)22-19(23)12-20-9-14-6-15(10-20)8-16(7-14)11-20/h2-5,14-16,18H,6-13H2,1H3,(H,22,23)/t14?,15?,16?,18-,20?/m0/s1. The molecule has 4 fully saturated rings. The third kappa shape index (κ3) is 3.21. The van der Waals surface area contributed by atoms with Gasteiger partial charge in [0.15, 0.2) is 0 Å². The Morgan fingerprint density at radius 2 is 1.92 bits per heavy atom. The molecule has 4 saturated carbocycles. The molecule has 4 aliphatic carbocycles. The summed E-state index contributed by atoms with van der Waals surface area (Å²) < 4.78 is 5.30. The summed E-state index contributed by atoms with van der Waals surface area (Å²) in [6.45, 7) is 0.462. The predicted molar refractivity (Wildman–Crippen MR) is 92.2 cm³/mol. The van der Waals surface area contributed by atoms with E-state index in [1.807, 2.05) is 18.2 Å². The molecule has 0 aliphatic heterocycles. The lowest BCUT2D eigenvalue weighted by Gasteiger charge is -2.56. The summed E-state index contributed by atoms with van der Waals surface area (Å²) in [4.78, 5) is 17.2. The van der Waals surface area contributed by atoms with Crippen molar-refractivity contribution in [1.82, 2.24) is 10.3 Å². The number of aromatic nitrogens is 1. The van der Waals surface area contributed by atoms with Gasteiger partial charge in [-0.05, 0) is 73.8 Å². The van der Waals surface area contributed by atoms with Crippen LogP contribution in [0.15, 0.2) is 24.4 Å². The Morgan fingerprint density at radius 3 is 2.46 bits per heavy atom. The minimum absolute atomic E-state index is 0.155. The lowest BCUT2D eigenvalue weighted by molar-refractivity contribution is -0.130. The molecule has 130 valence electrons. The maximum Gasteiger partial charge on any atom is 0.221 e. The lowest BCUT2D eigenvalue weighted by atomic mass is 9.49. The number of ether oxygens (including phenoxy) is 1. The van der Waals surface area contributed by atoms with Crippen molar-refractivity contribution in [3.05, 3.63) is 30.1 Å². The average molecular weight is 328 g/mol. The van der Waals surface area contributed by atoms with Crippen molar-refractivity contribution in [2.45, 2.75) is 51.0 Å². The lowest BCUT2D eigenvalue weighted by Crippen LogP contribution is -2.48. The number of hydrogen-bond acceptors (Lipinski definition) is 3. The van der Waals surface area contributed by atoms with Gasteiger partial charge in [0.2, 0.25) is 5.91 Å². The van der Waals surface area contributed by atoms with Gasteiger partial charge < -0.3 is 10.1 Å². The van der Waals surface area contributed by atoms with Crippen LogP contribution in [-0.2, 0) is 9.53 Å². The van der Waals surface area contributed by atoms with Gasteiger partial charge in [-0.3, -0.25) is 9.78 Å².